The minimum Gasteiger partial charge on any atom is -0.317 e. The minimum absolute atomic E-state index is 0.0144. The second-order valence-electron chi connectivity index (χ2n) is 5.27. The molecule has 1 aliphatic heterocycles. The predicted molar refractivity (Wildman–Crippen MR) is 69.9 cm³/mol. The number of aryl methyl sites for hydroxylation is 1. The Hall–Kier alpha value is -0.960. The van der Waals surface area contributed by atoms with E-state index < -0.39 is 5.92 Å². The summed E-state index contributed by atoms with van der Waals surface area (Å²) < 4.78 is 28.6. The SMILES string of the molecule is Cc1ccccc1C(F)(F)CC1CCCNCC1. The predicted octanol–water partition coefficient (Wildman–Crippen LogP) is 3.87. The molecular weight excluding hydrogens is 232 g/mol. The Morgan fingerprint density at radius 2 is 2.00 bits per heavy atom. The Morgan fingerprint density at radius 3 is 2.78 bits per heavy atom. The molecule has 100 valence electrons. The van der Waals surface area contributed by atoms with Crippen molar-refractivity contribution < 1.29 is 8.78 Å². The standard InChI is InChI=1S/C15H21F2N/c1-12-5-2-3-7-14(12)15(16,17)11-13-6-4-9-18-10-8-13/h2-3,5,7,13,18H,4,6,8-11H2,1H3. The summed E-state index contributed by atoms with van der Waals surface area (Å²) in [5.74, 6) is -2.56. The molecule has 0 bridgehead atoms. The average Bonchev–Trinajstić information content (AvgIpc) is 2.57. The second kappa shape index (κ2) is 5.79. The topological polar surface area (TPSA) is 12.0 Å². The van der Waals surface area contributed by atoms with Gasteiger partial charge in [-0.05, 0) is 50.8 Å². The summed E-state index contributed by atoms with van der Waals surface area (Å²) in [5.41, 5.74) is 0.886. The number of hydrogen-bond acceptors (Lipinski definition) is 1. The van der Waals surface area contributed by atoms with E-state index in [0.717, 1.165) is 32.4 Å². The molecule has 0 aliphatic carbocycles. The first-order valence-corrected chi connectivity index (χ1v) is 6.74. The molecule has 1 fully saturated rings. The van der Waals surface area contributed by atoms with Gasteiger partial charge >= 0.3 is 0 Å². The van der Waals surface area contributed by atoms with Crippen LogP contribution in [0.15, 0.2) is 24.3 Å². The first-order chi connectivity index (χ1) is 8.59. The van der Waals surface area contributed by atoms with E-state index in [-0.39, 0.29) is 17.9 Å². The molecule has 2 rings (SSSR count). The highest BCUT2D eigenvalue weighted by molar-refractivity contribution is 5.29. The molecule has 1 aliphatic rings. The lowest BCUT2D eigenvalue weighted by Gasteiger charge is -2.23. The summed E-state index contributed by atoms with van der Waals surface area (Å²) >= 11 is 0. The van der Waals surface area contributed by atoms with Gasteiger partial charge in [-0.15, -0.1) is 0 Å². The third-order valence-corrected chi connectivity index (χ3v) is 3.78. The highest BCUT2D eigenvalue weighted by Gasteiger charge is 2.35. The molecule has 1 nitrogen and oxygen atoms in total. The van der Waals surface area contributed by atoms with Crippen molar-refractivity contribution >= 4 is 0 Å². The molecule has 1 heterocycles. The van der Waals surface area contributed by atoms with Crippen molar-refractivity contribution in [2.45, 2.75) is 38.5 Å². The highest BCUT2D eigenvalue weighted by Crippen LogP contribution is 2.38. The first kappa shape index (κ1) is 13.5. The van der Waals surface area contributed by atoms with Crippen LogP contribution >= 0.6 is 0 Å². The van der Waals surface area contributed by atoms with Gasteiger partial charge in [0.05, 0.1) is 0 Å². The smallest absolute Gasteiger partial charge is 0.273 e. The summed E-state index contributed by atoms with van der Waals surface area (Å²) in [4.78, 5) is 0. The number of halogens is 2. The number of hydrogen-bond donors (Lipinski definition) is 1. The van der Waals surface area contributed by atoms with E-state index in [1.54, 1.807) is 25.1 Å². The van der Waals surface area contributed by atoms with E-state index in [0.29, 0.717) is 5.56 Å². The fourth-order valence-electron chi connectivity index (χ4n) is 2.75. The molecule has 1 aromatic rings. The second-order valence-corrected chi connectivity index (χ2v) is 5.27. The maximum Gasteiger partial charge on any atom is 0.273 e. The van der Waals surface area contributed by atoms with E-state index in [1.807, 2.05) is 6.07 Å². The summed E-state index contributed by atoms with van der Waals surface area (Å²) in [7, 11) is 0. The number of rotatable bonds is 3. The lowest BCUT2D eigenvalue weighted by Crippen LogP contribution is -2.21. The van der Waals surface area contributed by atoms with Crippen molar-refractivity contribution in [1.82, 2.24) is 5.32 Å². The highest BCUT2D eigenvalue weighted by atomic mass is 19.3. The Kier molecular flexibility index (Phi) is 4.33. The van der Waals surface area contributed by atoms with E-state index in [4.69, 9.17) is 0 Å². The Labute approximate surface area is 108 Å². The number of alkyl halides is 2. The third-order valence-electron chi connectivity index (χ3n) is 3.78. The number of benzene rings is 1. The van der Waals surface area contributed by atoms with Gasteiger partial charge in [0.15, 0.2) is 0 Å². The molecule has 0 amide bonds. The maximum absolute atomic E-state index is 14.3. The van der Waals surface area contributed by atoms with Crippen LogP contribution in [0.2, 0.25) is 0 Å². The quantitative estimate of drug-likeness (QED) is 0.862. The summed E-state index contributed by atoms with van der Waals surface area (Å²) in [6.45, 7) is 3.60. The van der Waals surface area contributed by atoms with Crippen molar-refractivity contribution in [3.8, 4) is 0 Å². The van der Waals surface area contributed by atoms with E-state index in [9.17, 15) is 8.78 Å². The van der Waals surface area contributed by atoms with Crippen molar-refractivity contribution in [2.75, 3.05) is 13.1 Å². The monoisotopic (exact) mass is 253 g/mol. The molecule has 1 N–H and O–H groups in total. The van der Waals surface area contributed by atoms with Crippen molar-refractivity contribution in [3.63, 3.8) is 0 Å². The molecule has 18 heavy (non-hydrogen) atoms. The zero-order chi connectivity index (χ0) is 13.0. The lowest BCUT2D eigenvalue weighted by atomic mass is 9.89. The Balaban J connectivity index is 2.08. The van der Waals surface area contributed by atoms with Gasteiger partial charge in [-0.3, -0.25) is 0 Å². The van der Waals surface area contributed by atoms with Gasteiger partial charge in [0.2, 0.25) is 0 Å². The van der Waals surface area contributed by atoms with E-state index in [2.05, 4.69) is 5.32 Å². The first-order valence-electron chi connectivity index (χ1n) is 6.74. The third kappa shape index (κ3) is 3.29. The van der Waals surface area contributed by atoms with Crippen LogP contribution in [0.1, 0.15) is 36.8 Å². The van der Waals surface area contributed by atoms with Crippen LogP contribution in [0.25, 0.3) is 0 Å². The van der Waals surface area contributed by atoms with E-state index in [1.165, 1.54) is 0 Å². The van der Waals surface area contributed by atoms with Crippen LogP contribution in [0.3, 0.4) is 0 Å². The fraction of sp³-hybridized carbons (Fsp3) is 0.600. The molecule has 3 heteroatoms. The van der Waals surface area contributed by atoms with Gasteiger partial charge in [-0.25, -0.2) is 8.78 Å². The van der Waals surface area contributed by atoms with Gasteiger partial charge in [-0.2, -0.15) is 0 Å². The largest absolute Gasteiger partial charge is 0.317 e. The van der Waals surface area contributed by atoms with Gasteiger partial charge in [0, 0.05) is 12.0 Å². The zero-order valence-electron chi connectivity index (χ0n) is 10.9. The van der Waals surface area contributed by atoms with Crippen LogP contribution in [0.5, 0.6) is 0 Å². The fourth-order valence-corrected chi connectivity index (χ4v) is 2.75. The summed E-state index contributed by atoms with van der Waals surface area (Å²) in [6, 6.07) is 6.83. The van der Waals surface area contributed by atoms with Crippen molar-refractivity contribution in [2.24, 2.45) is 5.92 Å². The van der Waals surface area contributed by atoms with Gasteiger partial charge < -0.3 is 5.32 Å². The Morgan fingerprint density at radius 1 is 1.22 bits per heavy atom. The Bertz CT molecular complexity index is 382. The molecular formula is C15H21F2N. The van der Waals surface area contributed by atoms with Gasteiger partial charge in [0.1, 0.15) is 0 Å². The molecule has 1 atom stereocenters. The van der Waals surface area contributed by atoms with Crippen molar-refractivity contribution in [3.05, 3.63) is 35.4 Å². The molecule has 1 unspecified atom stereocenters. The summed E-state index contributed by atoms with van der Waals surface area (Å²) in [5, 5.41) is 3.27. The van der Waals surface area contributed by atoms with Crippen molar-refractivity contribution in [1.29, 1.82) is 0 Å². The number of nitrogens with one attached hydrogen (secondary N) is 1. The van der Waals surface area contributed by atoms with Crippen LogP contribution in [0.4, 0.5) is 8.78 Å². The zero-order valence-corrected chi connectivity index (χ0v) is 10.9. The average molecular weight is 253 g/mol. The lowest BCUT2D eigenvalue weighted by molar-refractivity contribution is -0.0310. The normalized spacial score (nSPS) is 21.6. The van der Waals surface area contributed by atoms with Crippen LogP contribution < -0.4 is 5.32 Å². The molecule has 0 saturated carbocycles. The van der Waals surface area contributed by atoms with Crippen LogP contribution in [-0.4, -0.2) is 13.1 Å². The minimum atomic E-state index is -2.69. The van der Waals surface area contributed by atoms with Gasteiger partial charge in [-0.1, -0.05) is 24.3 Å². The molecule has 1 aromatic carbocycles. The maximum atomic E-state index is 14.3. The van der Waals surface area contributed by atoms with Crippen LogP contribution in [0, 0.1) is 12.8 Å². The van der Waals surface area contributed by atoms with Gasteiger partial charge in [0.25, 0.3) is 5.92 Å². The molecule has 0 radical (unpaired) electrons. The summed E-state index contributed by atoms with van der Waals surface area (Å²) in [6.07, 6.45) is 2.77. The molecule has 0 aromatic heterocycles. The molecule has 0 spiro atoms. The van der Waals surface area contributed by atoms with Crippen LogP contribution in [-0.2, 0) is 5.92 Å². The van der Waals surface area contributed by atoms with E-state index >= 15 is 0 Å². The molecule has 1 saturated heterocycles.